The Bertz CT molecular complexity index is 3000. The van der Waals surface area contributed by atoms with Crippen LogP contribution in [-0.2, 0) is 77.9 Å². The third kappa shape index (κ3) is 20.1. The lowest BCUT2D eigenvalue weighted by atomic mass is 9.98. The van der Waals surface area contributed by atoms with Gasteiger partial charge < -0.3 is 68.1 Å². The molecule has 0 spiro atoms. The van der Waals surface area contributed by atoms with Gasteiger partial charge >= 0.3 is 13.6 Å². The molecule has 1 aliphatic rings. The van der Waals surface area contributed by atoms with Crippen LogP contribution in [0.4, 0.5) is 0 Å². The van der Waals surface area contributed by atoms with Crippen molar-refractivity contribution in [2.75, 3.05) is 12.0 Å². The number of aromatic amines is 1. The van der Waals surface area contributed by atoms with Gasteiger partial charge in [0.2, 0.25) is 53.2 Å². The number of carbonyl (C=O) groups is 10. The van der Waals surface area contributed by atoms with Crippen molar-refractivity contribution < 1.29 is 67.4 Å². The number of fused-ring (bicyclic) bond motifs is 1. The standard InChI is InChI=1S/C56H75N10O14PS/c1-32(2)26-42(47(57)70)63-54(77)56(23-24-56)66-52(75)40(20-21-46(68)69)60-50(73)45(29-37-30-58-39-15-11-10-14-38(37)39)62-49(72)44(28-35-16-18-36(19-17-35)31-81(78,79)80)64-53(76)55(4,5)65-51(74)41(22-25-82-6)61-48(71)43(59-33(3)67)27-34-12-8-7-9-13-34/h7-19,30,32,40-45,58H,20-29,31H2,1-6H3,(H2,57,70)(H,59,67)(H,60,73)(H,61,71)(H,62,72)(H,63,77)(H,64,76)(H,65,74)(H,66,75)(H,68,69)(H2,78,79,80)/t40-,41-,42-,43-,44-,45+/m0/s1. The molecule has 0 saturated heterocycles. The highest BCUT2D eigenvalue weighted by atomic mass is 32.2. The Hall–Kier alpha value is -7.60. The second-order valence-corrected chi connectivity index (χ2v) is 24.1. The number of thioether (sulfide) groups is 1. The molecule has 1 heterocycles. The minimum Gasteiger partial charge on any atom is -0.481 e. The first kappa shape index (κ1) is 65.2. The summed E-state index contributed by atoms with van der Waals surface area (Å²) < 4.78 is 11.8. The molecule has 444 valence electrons. The number of H-pyrrole nitrogens is 1. The fourth-order valence-electron chi connectivity index (χ4n) is 9.02. The predicted molar refractivity (Wildman–Crippen MR) is 306 cm³/mol. The van der Waals surface area contributed by atoms with Crippen LogP contribution in [-0.4, -0.2) is 138 Å². The van der Waals surface area contributed by atoms with Crippen LogP contribution in [0, 0.1) is 5.92 Å². The van der Waals surface area contributed by atoms with Gasteiger partial charge in [0, 0.05) is 49.7 Å². The van der Waals surface area contributed by atoms with Crippen molar-refractivity contribution in [1.82, 2.24) is 47.5 Å². The number of carboxylic acids is 1. The SMILES string of the molecule is CSCC[C@H](NC(=O)[C@H](Cc1ccccc1)NC(C)=O)C(=O)NC(C)(C)C(=O)N[C@@H](Cc1ccc(CP(=O)(O)O)cc1)C(=O)N[C@H](Cc1c[nH]c2ccccc12)C(=O)N[C@@H](CCC(=O)O)C(=O)NC1(C(=O)N[C@@H](CC(C)C)C(N)=O)CC1. The Labute approximate surface area is 479 Å². The zero-order valence-corrected chi connectivity index (χ0v) is 48.4. The Balaban J connectivity index is 1.45. The van der Waals surface area contributed by atoms with Crippen molar-refractivity contribution in [3.05, 3.63) is 107 Å². The van der Waals surface area contributed by atoms with Gasteiger partial charge in [-0.15, -0.1) is 0 Å². The van der Waals surface area contributed by atoms with Gasteiger partial charge in [0.15, 0.2) is 0 Å². The number of aliphatic carboxylic acids is 1. The lowest BCUT2D eigenvalue weighted by Crippen LogP contribution is -2.63. The van der Waals surface area contributed by atoms with E-state index >= 15 is 0 Å². The Morgan fingerprint density at radius 3 is 1.76 bits per heavy atom. The van der Waals surface area contributed by atoms with Gasteiger partial charge in [-0.25, -0.2) is 0 Å². The molecule has 4 aromatic rings. The Morgan fingerprint density at radius 1 is 0.671 bits per heavy atom. The average Bonchev–Trinajstić information content (AvgIpc) is 4.22. The monoisotopic (exact) mass is 1170 g/mol. The third-order valence-electron chi connectivity index (χ3n) is 13.6. The fourth-order valence-corrected chi connectivity index (χ4v) is 10.2. The lowest BCUT2D eigenvalue weighted by molar-refractivity contribution is -0.139. The number of nitrogens with two attached hydrogens (primary N) is 1. The summed E-state index contributed by atoms with van der Waals surface area (Å²) >= 11 is 1.40. The number of amides is 9. The molecule has 5 rings (SSSR count). The van der Waals surface area contributed by atoms with E-state index in [1.165, 1.54) is 56.8 Å². The number of nitrogens with one attached hydrogen (secondary N) is 9. The molecule has 1 saturated carbocycles. The van der Waals surface area contributed by atoms with Crippen molar-refractivity contribution in [2.45, 2.75) is 146 Å². The maximum Gasteiger partial charge on any atom is 0.329 e. The molecule has 1 aliphatic carbocycles. The van der Waals surface area contributed by atoms with E-state index in [4.69, 9.17) is 5.73 Å². The normalized spacial score (nSPS) is 15.0. The van der Waals surface area contributed by atoms with Crippen molar-refractivity contribution >= 4 is 89.4 Å². The summed E-state index contributed by atoms with van der Waals surface area (Å²) in [6.07, 6.45) is 1.98. The number of carbonyl (C=O) groups excluding carboxylic acids is 9. The van der Waals surface area contributed by atoms with E-state index in [0.29, 0.717) is 27.8 Å². The summed E-state index contributed by atoms with van der Waals surface area (Å²) in [6.45, 7) is 7.64. The van der Waals surface area contributed by atoms with Crippen LogP contribution < -0.4 is 48.3 Å². The van der Waals surface area contributed by atoms with Crippen molar-refractivity contribution in [2.24, 2.45) is 11.7 Å². The van der Waals surface area contributed by atoms with Gasteiger partial charge in [-0.2, -0.15) is 11.8 Å². The van der Waals surface area contributed by atoms with E-state index in [0.717, 1.165) is 5.56 Å². The molecule has 3 aromatic carbocycles. The van der Waals surface area contributed by atoms with Gasteiger partial charge in [0.05, 0.1) is 6.16 Å². The highest BCUT2D eigenvalue weighted by Gasteiger charge is 2.52. The molecule has 9 amide bonds. The second-order valence-electron chi connectivity index (χ2n) is 21.5. The molecule has 82 heavy (non-hydrogen) atoms. The number of para-hydroxylation sites is 1. The van der Waals surface area contributed by atoms with Gasteiger partial charge in [-0.1, -0.05) is 86.6 Å². The lowest BCUT2D eigenvalue weighted by Gasteiger charge is -2.31. The summed E-state index contributed by atoms with van der Waals surface area (Å²) in [4.78, 5) is 159. The van der Waals surface area contributed by atoms with E-state index < -0.39 is 133 Å². The van der Waals surface area contributed by atoms with Crippen LogP contribution >= 0.6 is 19.4 Å². The summed E-state index contributed by atoms with van der Waals surface area (Å²) in [5.74, 6) is -8.07. The summed E-state index contributed by atoms with van der Waals surface area (Å²) in [6, 6.07) is 13.8. The molecule has 0 aliphatic heterocycles. The maximum absolute atomic E-state index is 14.9. The van der Waals surface area contributed by atoms with Crippen LogP contribution in [0.25, 0.3) is 10.9 Å². The van der Waals surface area contributed by atoms with Crippen molar-refractivity contribution in [3.63, 3.8) is 0 Å². The molecule has 14 N–H and O–H groups in total. The van der Waals surface area contributed by atoms with Gasteiger partial charge in [-0.3, -0.25) is 52.5 Å². The summed E-state index contributed by atoms with van der Waals surface area (Å²) in [5.41, 5.74) is 4.84. The highest BCUT2D eigenvalue weighted by molar-refractivity contribution is 7.98. The molecule has 0 unspecified atom stereocenters. The van der Waals surface area contributed by atoms with Crippen LogP contribution in [0.3, 0.4) is 0 Å². The van der Waals surface area contributed by atoms with Crippen LogP contribution in [0.2, 0.25) is 0 Å². The largest absolute Gasteiger partial charge is 0.481 e. The van der Waals surface area contributed by atoms with Gasteiger partial charge in [0.1, 0.15) is 47.3 Å². The van der Waals surface area contributed by atoms with Crippen LogP contribution in [0.15, 0.2) is 85.1 Å². The Kier molecular flexibility index (Phi) is 23.4. The molecule has 1 aromatic heterocycles. The molecular weight excluding hydrogens is 1100 g/mol. The number of hydrogen-bond acceptors (Lipinski definition) is 12. The quantitative estimate of drug-likeness (QED) is 0.0308. The van der Waals surface area contributed by atoms with Crippen molar-refractivity contribution in [3.8, 4) is 0 Å². The smallest absolute Gasteiger partial charge is 0.329 e. The first-order valence-corrected chi connectivity index (χ1v) is 29.9. The first-order valence-electron chi connectivity index (χ1n) is 26.7. The zero-order chi connectivity index (χ0) is 60.5. The minimum atomic E-state index is -4.48. The fraction of sp³-hybridized carbons (Fsp3) is 0.464. The summed E-state index contributed by atoms with van der Waals surface area (Å²) in [7, 11) is -4.48. The number of carboxylic acid groups (broad SMARTS) is 1. The molecule has 0 radical (unpaired) electrons. The number of rotatable bonds is 32. The van der Waals surface area contributed by atoms with E-state index in [1.54, 1.807) is 67.0 Å². The number of benzene rings is 3. The summed E-state index contributed by atoms with van der Waals surface area (Å²) in [5, 5.41) is 31.6. The molecule has 0 bridgehead atoms. The second kappa shape index (κ2) is 29.4. The van der Waals surface area contributed by atoms with E-state index in [9.17, 15) is 67.4 Å². The average molecular weight is 1180 g/mol. The molecule has 24 nitrogen and oxygen atoms in total. The third-order valence-corrected chi connectivity index (χ3v) is 15.0. The number of primary amides is 1. The number of hydrogen-bond donors (Lipinski definition) is 13. The number of aromatic nitrogens is 1. The zero-order valence-electron chi connectivity index (χ0n) is 46.7. The highest BCUT2D eigenvalue weighted by Crippen LogP contribution is 2.39. The van der Waals surface area contributed by atoms with Gasteiger partial charge in [-0.05, 0) is 92.2 Å². The van der Waals surface area contributed by atoms with Crippen LogP contribution in [0.1, 0.15) is 95.4 Å². The van der Waals surface area contributed by atoms with E-state index in [2.05, 4.69) is 47.5 Å². The van der Waals surface area contributed by atoms with Gasteiger partial charge in [0.25, 0.3) is 0 Å². The van der Waals surface area contributed by atoms with E-state index in [-0.39, 0.29) is 56.4 Å². The predicted octanol–water partition coefficient (Wildman–Crippen LogP) is 1.50. The topological polar surface area (TPSA) is 387 Å². The molecule has 26 heteroatoms. The van der Waals surface area contributed by atoms with Crippen molar-refractivity contribution in [1.29, 1.82) is 0 Å². The first-order chi connectivity index (χ1) is 38.6. The van der Waals surface area contributed by atoms with Crippen LogP contribution in [0.5, 0.6) is 0 Å². The minimum absolute atomic E-state index is 0.0325. The maximum atomic E-state index is 14.9. The molecular formula is C56H75N10O14PS. The Morgan fingerprint density at radius 2 is 1.21 bits per heavy atom. The van der Waals surface area contributed by atoms with E-state index in [1.807, 2.05) is 13.8 Å². The molecule has 1 fully saturated rings. The molecule has 6 atom stereocenters.